The largest absolute Gasteiger partial charge is 0.352 e. The van der Waals surface area contributed by atoms with Gasteiger partial charge in [0.25, 0.3) is 0 Å². The lowest BCUT2D eigenvalue weighted by Gasteiger charge is -2.37. The van der Waals surface area contributed by atoms with Crippen LogP contribution in [0.25, 0.3) is 5.65 Å². The number of anilines is 1. The number of fused-ring (bicyclic) bond motifs is 1. The zero-order valence-corrected chi connectivity index (χ0v) is 16.3. The Labute approximate surface area is 164 Å². The van der Waals surface area contributed by atoms with Gasteiger partial charge in [-0.3, -0.25) is 4.79 Å². The molecule has 3 heterocycles. The molecule has 2 aliphatic rings. The maximum atomic E-state index is 13.3. The number of aromatic nitrogens is 4. The van der Waals surface area contributed by atoms with Crippen molar-refractivity contribution >= 4 is 17.4 Å². The van der Waals surface area contributed by atoms with Gasteiger partial charge >= 0.3 is 0 Å². The molecule has 0 bridgehead atoms. The van der Waals surface area contributed by atoms with Gasteiger partial charge in [-0.2, -0.15) is 4.52 Å². The van der Waals surface area contributed by atoms with Crippen LogP contribution in [0.15, 0.2) is 36.7 Å². The van der Waals surface area contributed by atoms with Crippen molar-refractivity contribution in [1.82, 2.24) is 24.7 Å². The van der Waals surface area contributed by atoms with Crippen molar-refractivity contribution in [2.75, 3.05) is 31.1 Å². The van der Waals surface area contributed by atoms with Crippen molar-refractivity contribution < 1.29 is 4.79 Å². The first-order chi connectivity index (χ1) is 13.6. The molecule has 0 spiro atoms. The van der Waals surface area contributed by atoms with E-state index in [1.807, 2.05) is 17.0 Å². The third-order valence-corrected chi connectivity index (χ3v) is 6.26. The Hall–Kier alpha value is -2.96. The molecule has 1 saturated carbocycles. The standard InChI is InChI=1S/C21H24N6O/c1-15-3-4-17(13-16(15)2)21(7-8-21)20(28)26-11-9-25(10-12-26)19-6-5-18-23-22-14-27(18)24-19/h3-6,13-14H,7-12H2,1-2H3. The summed E-state index contributed by atoms with van der Waals surface area (Å²) in [7, 11) is 0. The number of carbonyl (C=O) groups excluding carboxylic acids is 1. The van der Waals surface area contributed by atoms with Crippen LogP contribution in [0.1, 0.15) is 29.5 Å². The van der Waals surface area contributed by atoms with Crippen molar-refractivity contribution in [3.05, 3.63) is 53.3 Å². The first kappa shape index (κ1) is 17.2. The van der Waals surface area contributed by atoms with Gasteiger partial charge in [-0.15, -0.1) is 15.3 Å². The summed E-state index contributed by atoms with van der Waals surface area (Å²) in [5, 5.41) is 12.4. The molecule has 144 valence electrons. The highest BCUT2D eigenvalue weighted by Crippen LogP contribution is 2.50. The summed E-state index contributed by atoms with van der Waals surface area (Å²) in [4.78, 5) is 17.6. The molecule has 28 heavy (non-hydrogen) atoms. The molecule has 0 radical (unpaired) electrons. The van der Waals surface area contributed by atoms with E-state index in [2.05, 4.69) is 52.2 Å². The van der Waals surface area contributed by atoms with E-state index in [0.717, 1.165) is 50.5 Å². The topological polar surface area (TPSA) is 66.6 Å². The van der Waals surface area contributed by atoms with Gasteiger partial charge in [0, 0.05) is 26.2 Å². The van der Waals surface area contributed by atoms with Gasteiger partial charge in [-0.25, -0.2) is 0 Å². The number of aryl methyl sites for hydroxylation is 2. The van der Waals surface area contributed by atoms with Crippen LogP contribution >= 0.6 is 0 Å². The molecular formula is C21H24N6O. The molecule has 0 atom stereocenters. The normalized spacial score (nSPS) is 18.5. The third kappa shape index (κ3) is 2.73. The molecular weight excluding hydrogens is 352 g/mol. The Morgan fingerprint density at radius 3 is 2.50 bits per heavy atom. The monoisotopic (exact) mass is 376 g/mol. The number of nitrogens with zero attached hydrogens (tertiary/aromatic N) is 6. The second-order valence-electron chi connectivity index (χ2n) is 7.99. The number of hydrogen-bond acceptors (Lipinski definition) is 5. The fraction of sp³-hybridized carbons (Fsp3) is 0.429. The van der Waals surface area contributed by atoms with Crippen molar-refractivity contribution in [2.24, 2.45) is 0 Å². The smallest absolute Gasteiger partial charge is 0.233 e. The summed E-state index contributed by atoms with van der Waals surface area (Å²) in [6.45, 7) is 7.27. The summed E-state index contributed by atoms with van der Waals surface area (Å²) >= 11 is 0. The quantitative estimate of drug-likeness (QED) is 0.701. The summed E-state index contributed by atoms with van der Waals surface area (Å²) in [6.07, 6.45) is 3.53. The average molecular weight is 376 g/mol. The van der Waals surface area contributed by atoms with Crippen LogP contribution in [0.2, 0.25) is 0 Å². The number of piperazine rings is 1. The lowest BCUT2D eigenvalue weighted by molar-refractivity contribution is -0.134. The second kappa shape index (κ2) is 6.29. The predicted octanol–water partition coefficient (Wildman–Crippen LogP) is 2.12. The molecule has 2 fully saturated rings. The second-order valence-corrected chi connectivity index (χ2v) is 7.99. The summed E-state index contributed by atoms with van der Waals surface area (Å²) in [6, 6.07) is 10.4. The zero-order chi connectivity index (χ0) is 19.3. The highest BCUT2D eigenvalue weighted by Gasteiger charge is 2.53. The van der Waals surface area contributed by atoms with E-state index in [1.165, 1.54) is 16.7 Å². The minimum atomic E-state index is -0.291. The molecule has 3 aromatic rings. The SMILES string of the molecule is Cc1ccc(C2(C(=O)N3CCN(c4ccc5nncn5n4)CC3)CC2)cc1C. The number of amides is 1. The highest BCUT2D eigenvalue weighted by molar-refractivity contribution is 5.91. The lowest BCUT2D eigenvalue weighted by atomic mass is 9.91. The molecule has 7 heteroatoms. The van der Waals surface area contributed by atoms with Crippen LogP contribution in [-0.4, -0.2) is 56.8 Å². The molecule has 1 amide bonds. The van der Waals surface area contributed by atoms with Crippen LogP contribution in [0, 0.1) is 13.8 Å². The molecule has 0 N–H and O–H groups in total. The van der Waals surface area contributed by atoms with Crippen molar-refractivity contribution in [1.29, 1.82) is 0 Å². The average Bonchev–Trinajstić information content (AvgIpc) is 3.40. The van der Waals surface area contributed by atoms with E-state index in [4.69, 9.17) is 0 Å². The number of benzene rings is 1. The van der Waals surface area contributed by atoms with Gasteiger partial charge in [0.15, 0.2) is 5.65 Å². The van der Waals surface area contributed by atoms with Crippen molar-refractivity contribution in [3.63, 3.8) is 0 Å². The van der Waals surface area contributed by atoms with Gasteiger partial charge in [0.2, 0.25) is 5.91 Å². The van der Waals surface area contributed by atoms with Gasteiger partial charge in [-0.05, 0) is 55.5 Å². The lowest BCUT2D eigenvalue weighted by Crippen LogP contribution is -2.51. The molecule has 1 aromatic carbocycles. The minimum absolute atomic E-state index is 0.289. The number of hydrogen-bond donors (Lipinski definition) is 0. The van der Waals surface area contributed by atoms with Gasteiger partial charge < -0.3 is 9.80 Å². The maximum absolute atomic E-state index is 13.3. The fourth-order valence-corrected chi connectivity index (χ4v) is 4.12. The van der Waals surface area contributed by atoms with E-state index < -0.39 is 0 Å². The van der Waals surface area contributed by atoms with Gasteiger partial charge in [-0.1, -0.05) is 18.2 Å². The summed E-state index contributed by atoms with van der Waals surface area (Å²) in [5.41, 5.74) is 4.17. The summed E-state index contributed by atoms with van der Waals surface area (Å²) in [5.74, 6) is 1.19. The molecule has 5 rings (SSSR count). The van der Waals surface area contributed by atoms with Crippen molar-refractivity contribution in [3.8, 4) is 0 Å². The van der Waals surface area contributed by atoms with Gasteiger partial charge in [0.05, 0.1) is 5.41 Å². The number of rotatable bonds is 3. The van der Waals surface area contributed by atoms with Crippen LogP contribution in [0.3, 0.4) is 0 Å². The molecule has 7 nitrogen and oxygen atoms in total. The Balaban J connectivity index is 1.29. The zero-order valence-electron chi connectivity index (χ0n) is 16.3. The van der Waals surface area contributed by atoms with E-state index in [-0.39, 0.29) is 11.3 Å². The maximum Gasteiger partial charge on any atom is 0.233 e. The molecule has 1 saturated heterocycles. The highest BCUT2D eigenvalue weighted by atomic mass is 16.2. The third-order valence-electron chi connectivity index (χ3n) is 6.26. The van der Waals surface area contributed by atoms with E-state index in [9.17, 15) is 4.79 Å². The molecule has 1 aliphatic heterocycles. The minimum Gasteiger partial charge on any atom is -0.352 e. The predicted molar refractivity (Wildman–Crippen MR) is 106 cm³/mol. The van der Waals surface area contributed by atoms with Gasteiger partial charge in [0.1, 0.15) is 12.1 Å². The Morgan fingerprint density at radius 2 is 1.79 bits per heavy atom. The van der Waals surface area contributed by atoms with E-state index >= 15 is 0 Å². The van der Waals surface area contributed by atoms with Crippen LogP contribution in [0.5, 0.6) is 0 Å². The molecule has 1 aliphatic carbocycles. The van der Waals surface area contributed by atoms with Crippen LogP contribution < -0.4 is 4.90 Å². The Kier molecular flexibility index (Phi) is 3.86. The Bertz CT molecular complexity index is 1050. The Morgan fingerprint density at radius 1 is 1.00 bits per heavy atom. The van der Waals surface area contributed by atoms with Crippen molar-refractivity contribution in [2.45, 2.75) is 32.1 Å². The first-order valence-electron chi connectivity index (χ1n) is 9.86. The molecule has 0 unspecified atom stereocenters. The van der Waals surface area contributed by atoms with Crippen LogP contribution in [0.4, 0.5) is 5.82 Å². The molecule has 2 aromatic heterocycles. The number of carbonyl (C=O) groups is 1. The fourth-order valence-electron chi connectivity index (χ4n) is 4.12. The summed E-state index contributed by atoms with van der Waals surface area (Å²) < 4.78 is 1.69. The van der Waals surface area contributed by atoms with E-state index in [1.54, 1.807) is 10.8 Å². The first-order valence-corrected chi connectivity index (χ1v) is 9.86. The van der Waals surface area contributed by atoms with Crippen LogP contribution in [-0.2, 0) is 10.2 Å². The van der Waals surface area contributed by atoms with E-state index in [0.29, 0.717) is 0 Å².